The van der Waals surface area contributed by atoms with Gasteiger partial charge in [-0.25, -0.2) is 0 Å². The SMILES string of the molecule is CCCN1C(=O)CCc2cc(NC(=O)COc3cccc(OC)c3)ccc21. The minimum absolute atomic E-state index is 0.0926. The molecule has 1 N–H and O–H groups in total. The number of benzene rings is 2. The average molecular weight is 368 g/mol. The van der Waals surface area contributed by atoms with Crippen molar-refractivity contribution in [2.75, 3.05) is 30.5 Å². The minimum atomic E-state index is -0.241. The second-order valence-electron chi connectivity index (χ2n) is 6.40. The Bertz CT molecular complexity index is 835. The van der Waals surface area contributed by atoms with Crippen LogP contribution >= 0.6 is 0 Å². The number of ether oxygens (including phenoxy) is 2. The van der Waals surface area contributed by atoms with Crippen LogP contribution in [-0.4, -0.2) is 32.1 Å². The Morgan fingerprint density at radius 3 is 2.74 bits per heavy atom. The monoisotopic (exact) mass is 368 g/mol. The second kappa shape index (κ2) is 8.58. The summed E-state index contributed by atoms with van der Waals surface area (Å²) in [6.07, 6.45) is 2.10. The lowest BCUT2D eigenvalue weighted by atomic mass is 10.00. The number of nitrogens with zero attached hydrogens (tertiary/aromatic N) is 1. The summed E-state index contributed by atoms with van der Waals surface area (Å²) in [5.74, 6) is 1.17. The van der Waals surface area contributed by atoms with Gasteiger partial charge in [0.2, 0.25) is 5.91 Å². The van der Waals surface area contributed by atoms with E-state index in [0.717, 1.165) is 17.7 Å². The molecule has 0 fully saturated rings. The van der Waals surface area contributed by atoms with Gasteiger partial charge in [0.15, 0.2) is 6.61 Å². The smallest absolute Gasteiger partial charge is 0.262 e. The van der Waals surface area contributed by atoms with Gasteiger partial charge in [0.25, 0.3) is 5.91 Å². The minimum Gasteiger partial charge on any atom is -0.497 e. The van der Waals surface area contributed by atoms with Gasteiger partial charge in [0.1, 0.15) is 11.5 Å². The maximum absolute atomic E-state index is 12.2. The number of hydrogen-bond donors (Lipinski definition) is 1. The van der Waals surface area contributed by atoms with E-state index in [4.69, 9.17) is 9.47 Å². The highest BCUT2D eigenvalue weighted by Gasteiger charge is 2.23. The zero-order valence-electron chi connectivity index (χ0n) is 15.7. The first-order valence-corrected chi connectivity index (χ1v) is 9.10. The van der Waals surface area contributed by atoms with Crippen molar-refractivity contribution < 1.29 is 19.1 Å². The Morgan fingerprint density at radius 1 is 1.15 bits per heavy atom. The molecule has 1 aliphatic heterocycles. The lowest BCUT2D eigenvalue weighted by Crippen LogP contribution is -2.35. The third kappa shape index (κ3) is 4.58. The van der Waals surface area contributed by atoms with E-state index in [0.29, 0.717) is 36.6 Å². The Balaban J connectivity index is 1.62. The molecule has 2 amide bonds. The first kappa shape index (κ1) is 18.8. The number of hydrogen-bond acceptors (Lipinski definition) is 4. The summed E-state index contributed by atoms with van der Waals surface area (Å²) in [6, 6.07) is 12.8. The van der Waals surface area contributed by atoms with Crippen molar-refractivity contribution in [1.29, 1.82) is 0 Å². The molecule has 3 rings (SSSR count). The topological polar surface area (TPSA) is 67.9 Å². The van der Waals surface area contributed by atoms with Crippen LogP contribution in [0.1, 0.15) is 25.3 Å². The summed E-state index contributed by atoms with van der Waals surface area (Å²) in [5.41, 5.74) is 2.73. The van der Waals surface area contributed by atoms with E-state index in [9.17, 15) is 9.59 Å². The molecule has 2 aromatic carbocycles. The number of aryl methyl sites for hydroxylation is 1. The quantitative estimate of drug-likeness (QED) is 0.813. The summed E-state index contributed by atoms with van der Waals surface area (Å²) < 4.78 is 10.6. The Labute approximate surface area is 159 Å². The largest absolute Gasteiger partial charge is 0.497 e. The van der Waals surface area contributed by atoms with Crippen LogP contribution in [0.25, 0.3) is 0 Å². The van der Waals surface area contributed by atoms with Gasteiger partial charge in [-0.15, -0.1) is 0 Å². The van der Waals surface area contributed by atoms with E-state index in [1.807, 2.05) is 29.2 Å². The van der Waals surface area contributed by atoms with E-state index >= 15 is 0 Å². The van der Waals surface area contributed by atoms with Gasteiger partial charge in [-0.2, -0.15) is 0 Å². The molecule has 6 nitrogen and oxygen atoms in total. The van der Waals surface area contributed by atoms with Crippen LogP contribution < -0.4 is 19.7 Å². The number of carbonyl (C=O) groups excluding carboxylic acids is 2. The fraction of sp³-hybridized carbons (Fsp3) is 0.333. The van der Waals surface area contributed by atoms with Crippen LogP contribution in [0.5, 0.6) is 11.5 Å². The van der Waals surface area contributed by atoms with Gasteiger partial charge < -0.3 is 19.7 Å². The van der Waals surface area contributed by atoms with Crippen molar-refractivity contribution in [1.82, 2.24) is 0 Å². The number of amides is 2. The molecule has 0 unspecified atom stereocenters. The zero-order valence-corrected chi connectivity index (χ0v) is 15.7. The maximum Gasteiger partial charge on any atom is 0.262 e. The van der Waals surface area contributed by atoms with E-state index in [2.05, 4.69) is 12.2 Å². The Kier molecular flexibility index (Phi) is 5.96. The molecule has 6 heteroatoms. The maximum atomic E-state index is 12.2. The predicted octanol–water partition coefficient (Wildman–Crippen LogP) is 3.40. The molecule has 2 aromatic rings. The fourth-order valence-corrected chi connectivity index (χ4v) is 3.14. The highest BCUT2D eigenvalue weighted by molar-refractivity contribution is 5.97. The molecular formula is C21H24N2O4. The summed E-state index contributed by atoms with van der Waals surface area (Å²) in [5, 5.41) is 2.85. The number of anilines is 2. The van der Waals surface area contributed by atoms with E-state index in [1.165, 1.54) is 0 Å². The Morgan fingerprint density at radius 2 is 1.96 bits per heavy atom. The van der Waals surface area contributed by atoms with Gasteiger partial charge in [-0.1, -0.05) is 13.0 Å². The van der Waals surface area contributed by atoms with Crippen molar-refractivity contribution in [3.05, 3.63) is 48.0 Å². The van der Waals surface area contributed by atoms with Gasteiger partial charge in [0.05, 0.1) is 7.11 Å². The first-order valence-electron chi connectivity index (χ1n) is 9.10. The number of carbonyl (C=O) groups is 2. The summed E-state index contributed by atoms with van der Waals surface area (Å²) in [6.45, 7) is 2.68. The second-order valence-corrected chi connectivity index (χ2v) is 6.40. The molecular weight excluding hydrogens is 344 g/mol. The normalized spacial score (nSPS) is 13.1. The van der Waals surface area contributed by atoms with Gasteiger partial charge in [-0.3, -0.25) is 9.59 Å². The number of rotatable bonds is 7. The molecule has 0 aromatic heterocycles. The number of methoxy groups -OCH3 is 1. The highest BCUT2D eigenvalue weighted by Crippen LogP contribution is 2.30. The molecule has 0 radical (unpaired) electrons. The van der Waals surface area contributed by atoms with Crippen LogP contribution in [-0.2, 0) is 16.0 Å². The molecule has 0 spiro atoms. The van der Waals surface area contributed by atoms with Crippen molar-refractivity contribution in [3.8, 4) is 11.5 Å². The molecule has 0 aliphatic carbocycles. The molecule has 0 atom stereocenters. The fourth-order valence-electron chi connectivity index (χ4n) is 3.14. The average Bonchev–Trinajstić information content (AvgIpc) is 2.69. The standard InChI is InChI=1S/C21H24N2O4/c1-3-11-23-19-9-8-16(12-15(19)7-10-21(23)25)22-20(24)14-27-18-6-4-5-17(13-18)26-2/h4-6,8-9,12-13H,3,7,10-11,14H2,1-2H3,(H,22,24). The van der Waals surface area contributed by atoms with Gasteiger partial charge in [0, 0.05) is 30.4 Å². The molecule has 0 bridgehead atoms. The molecule has 0 saturated heterocycles. The third-order valence-electron chi connectivity index (χ3n) is 4.42. The molecule has 0 saturated carbocycles. The third-order valence-corrected chi connectivity index (χ3v) is 4.42. The van der Waals surface area contributed by atoms with Crippen LogP contribution in [0.4, 0.5) is 11.4 Å². The molecule has 142 valence electrons. The molecule has 1 heterocycles. The van der Waals surface area contributed by atoms with Crippen LogP contribution in [0.15, 0.2) is 42.5 Å². The lowest BCUT2D eigenvalue weighted by molar-refractivity contribution is -0.119. The zero-order chi connectivity index (χ0) is 19.2. The van der Waals surface area contributed by atoms with Crippen LogP contribution in [0.3, 0.4) is 0 Å². The van der Waals surface area contributed by atoms with Crippen molar-refractivity contribution in [2.45, 2.75) is 26.2 Å². The lowest BCUT2D eigenvalue weighted by Gasteiger charge is -2.29. The van der Waals surface area contributed by atoms with E-state index in [-0.39, 0.29) is 18.4 Å². The van der Waals surface area contributed by atoms with Gasteiger partial charge in [-0.05, 0) is 48.7 Å². The number of fused-ring (bicyclic) bond motifs is 1. The summed E-state index contributed by atoms with van der Waals surface area (Å²) in [4.78, 5) is 26.1. The molecule has 27 heavy (non-hydrogen) atoms. The Hall–Kier alpha value is -3.02. The first-order chi connectivity index (χ1) is 13.1. The highest BCUT2D eigenvalue weighted by atomic mass is 16.5. The van der Waals surface area contributed by atoms with Crippen LogP contribution in [0.2, 0.25) is 0 Å². The van der Waals surface area contributed by atoms with E-state index in [1.54, 1.807) is 25.3 Å². The summed E-state index contributed by atoms with van der Waals surface area (Å²) in [7, 11) is 1.58. The van der Waals surface area contributed by atoms with Crippen molar-refractivity contribution in [3.63, 3.8) is 0 Å². The van der Waals surface area contributed by atoms with Crippen molar-refractivity contribution >= 4 is 23.2 Å². The van der Waals surface area contributed by atoms with Gasteiger partial charge >= 0.3 is 0 Å². The predicted molar refractivity (Wildman–Crippen MR) is 105 cm³/mol. The van der Waals surface area contributed by atoms with Crippen LogP contribution in [0, 0.1) is 0 Å². The molecule has 1 aliphatic rings. The number of nitrogens with one attached hydrogen (secondary N) is 1. The van der Waals surface area contributed by atoms with Crippen molar-refractivity contribution in [2.24, 2.45) is 0 Å². The summed E-state index contributed by atoms with van der Waals surface area (Å²) >= 11 is 0. The van der Waals surface area contributed by atoms with E-state index < -0.39 is 0 Å².